The first-order valence-corrected chi connectivity index (χ1v) is 7.47. The maximum absolute atomic E-state index is 12.4. The molecule has 3 rings (SSSR count). The summed E-state index contributed by atoms with van der Waals surface area (Å²) in [4.78, 5) is 16.8. The fraction of sp³-hybridized carbons (Fsp3) is 0.500. The van der Waals surface area contributed by atoms with E-state index in [1.54, 1.807) is 7.11 Å². The van der Waals surface area contributed by atoms with E-state index in [0.29, 0.717) is 12.4 Å². The molecule has 21 heavy (non-hydrogen) atoms. The molecule has 1 aromatic carbocycles. The zero-order chi connectivity index (χ0) is 14.9. The molecule has 1 fully saturated rings. The number of carbonyl (C=O) groups excluding carboxylic acids is 1. The van der Waals surface area contributed by atoms with E-state index in [2.05, 4.69) is 28.6 Å². The highest BCUT2D eigenvalue weighted by atomic mass is 16.5. The number of benzene rings is 1. The van der Waals surface area contributed by atoms with Crippen molar-refractivity contribution in [2.24, 2.45) is 4.99 Å². The largest absolute Gasteiger partial charge is 0.497 e. The van der Waals surface area contributed by atoms with Gasteiger partial charge in [0.15, 0.2) is 5.96 Å². The standard InChI is InChI=1S/C16H21N3O2/c1-3-8-17-15-18-14(20)16(19-15)7-6-11-4-5-13(21-2)9-12(11)10-16/h4-5,9H,3,6-8,10H2,1-2H3,(H2,17,18,19,20). The molecule has 1 spiro atoms. The summed E-state index contributed by atoms with van der Waals surface area (Å²) in [6.45, 7) is 2.79. The topological polar surface area (TPSA) is 62.7 Å². The van der Waals surface area contributed by atoms with E-state index >= 15 is 0 Å². The Bertz CT molecular complexity index is 597. The van der Waals surface area contributed by atoms with Gasteiger partial charge < -0.3 is 10.1 Å². The number of amides is 1. The molecule has 1 saturated heterocycles. The van der Waals surface area contributed by atoms with Gasteiger partial charge in [0.25, 0.3) is 5.91 Å². The minimum Gasteiger partial charge on any atom is -0.497 e. The lowest BCUT2D eigenvalue weighted by Crippen LogP contribution is -2.51. The van der Waals surface area contributed by atoms with Crippen LogP contribution in [0.15, 0.2) is 23.2 Å². The number of ether oxygens (including phenoxy) is 1. The van der Waals surface area contributed by atoms with Crippen molar-refractivity contribution in [2.45, 2.75) is 38.1 Å². The number of methoxy groups -OCH3 is 1. The highest BCUT2D eigenvalue weighted by Crippen LogP contribution is 2.32. The molecule has 1 atom stereocenters. The van der Waals surface area contributed by atoms with E-state index in [4.69, 9.17) is 4.74 Å². The van der Waals surface area contributed by atoms with E-state index in [1.165, 1.54) is 11.1 Å². The summed E-state index contributed by atoms with van der Waals surface area (Å²) in [5, 5.41) is 6.20. The Morgan fingerprint density at radius 3 is 3.00 bits per heavy atom. The summed E-state index contributed by atoms with van der Waals surface area (Å²) in [5.41, 5.74) is 1.93. The van der Waals surface area contributed by atoms with Crippen molar-refractivity contribution >= 4 is 11.9 Å². The lowest BCUT2D eigenvalue weighted by atomic mass is 9.78. The number of nitrogens with one attached hydrogen (secondary N) is 2. The molecule has 0 aromatic heterocycles. The van der Waals surface area contributed by atoms with Crippen LogP contribution in [-0.2, 0) is 17.6 Å². The maximum Gasteiger partial charge on any atom is 0.252 e. The Hall–Kier alpha value is -2.04. The van der Waals surface area contributed by atoms with Gasteiger partial charge in [-0.15, -0.1) is 0 Å². The van der Waals surface area contributed by atoms with Gasteiger partial charge in [-0.3, -0.25) is 15.1 Å². The third-order valence-electron chi connectivity index (χ3n) is 4.24. The second-order valence-corrected chi connectivity index (χ2v) is 5.70. The molecular weight excluding hydrogens is 266 g/mol. The highest BCUT2D eigenvalue weighted by Gasteiger charge is 2.46. The molecule has 1 aliphatic heterocycles. The highest BCUT2D eigenvalue weighted by molar-refractivity contribution is 6.09. The van der Waals surface area contributed by atoms with Crippen LogP contribution in [0.3, 0.4) is 0 Å². The second-order valence-electron chi connectivity index (χ2n) is 5.70. The average Bonchev–Trinajstić information content (AvgIpc) is 2.80. The number of aliphatic imine (C=N–C) groups is 1. The van der Waals surface area contributed by atoms with E-state index in [9.17, 15) is 4.79 Å². The van der Waals surface area contributed by atoms with Crippen molar-refractivity contribution in [3.8, 4) is 5.75 Å². The SMILES string of the molecule is CCCN=C1NC(=O)C2(CCc3ccc(OC)cc3C2)N1. The molecule has 112 valence electrons. The molecule has 0 saturated carbocycles. The van der Waals surface area contributed by atoms with Gasteiger partial charge in [-0.2, -0.15) is 0 Å². The average molecular weight is 287 g/mol. The maximum atomic E-state index is 12.4. The molecule has 2 N–H and O–H groups in total. The second kappa shape index (κ2) is 5.39. The van der Waals surface area contributed by atoms with Crippen LogP contribution in [0.1, 0.15) is 30.9 Å². The van der Waals surface area contributed by atoms with Gasteiger partial charge in [0.05, 0.1) is 7.11 Å². The number of fused-ring (bicyclic) bond motifs is 1. The lowest BCUT2D eigenvalue weighted by molar-refractivity contribution is -0.124. The Labute approximate surface area is 124 Å². The number of guanidine groups is 1. The van der Waals surface area contributed by atoms with Crippen molar-refractivity contribution in [1.29, 1.82) is 0 Å². The van der Waals surface area contributed by atoms with Crippen molar-refractivity contribution in [3.63, 3.8) is 0 Å². The van der Waals surface area contributed by atoms with Crippen LogP contribution < -0.4 is 15.4 Å². The van der Waals surface area contributed by atoms with E-state index < -0.39 is 5.54 Å². The molecule has 1 amide bonds. The molecule has 0 bridgehead atoms. The number of hydrogen-bond donors (Lipinski definition) is 2. The number of nitrogens with zero attached hydrogens (tertiary/aromatic N) is 1. The monoisotopic (exact) mass is 287 g/mol. The fourth-order valence-corrected chi connectivity index (χ4v) is 3.04. The third-order valence-corrected chi connectivity index (χ3v) is 4.24. The van der Waals surface area contributed by atoms with E-state index in [0.717, 1.165) is 31.6 Å². The molecule has 1 aliphatic carbocycles. The van der Waals surface area contributed by atoms with Crippen LogP contribution in [0.4, 0.5) is 0 Å². The van der Waals surface area contributed by atoms with Crippen LogP contribution in [0.2, 0.25) is 0 Å². The minimum atomic E-state index is -0.550. The Balaban J connectivity index is 1.86. The molecular formula is C16H21N3O2. The summed E-state index contributed by atoms with van der Waals surface area (Å²) in [6, 6.07) is 6.11. The predicted octanol–water partition coefficient (Wildman–Crippen LogP) is 1.41. The van der Waals surface area contributed by atoms with Crippen LogP contribution in [0.5, 0.6) is 5.75 Å². The number of aryl methyl sites for hydroxylation is 1. The molecule has 2 aliphatic rings. The van der Waals surface area contributed by atoms with E-state index in [-0.39, 0.29) is 5.91 Å². The zero-order valence-corrected chi connectivity index (χ0v) is 12.5. The number of hydrogen-bond acceptors (Lipinski definition) is 3. The predicted molar refractivity (Wildman–Crippen MR) is 81.6 cm³/mol. The molecule has 5 heteroatoms. The first-order chi connectivity index (χ1) is 10.2. The van der Waals surface area contributed by atoms with E-state index in [1.807, 2.05) is 12.1 Å². The minimum absolute atomic E-state index is 0.0332. The van der Waals surface area contributed by atoms with Gasteiger partial charge in [-0.1, -0.05) is 13.0 Å². The van der Waals surface area contributed by atoms with Gasteiger partial charge in [0.2, 0.25) is 0 Å². The zero-order valence-electron chi connectivity index (χ0n) is 12.5. The molecule has 1 aromatic rings. The number of carbonyl (C=O) groups is 1. The van der Waals surface area contributed by atoms with Crippen molar-refractivity contribution in [2.75, 3.05) is 13.7 Å². The van der Waals surface area contributed by atoms with Gasteiger partial charge in [0.1, 0.15) is 11.3 Å². The molecule has 0 radical (unpaired) electrons. The molecule has 1 unspecified atom stereocenters. The molecule has 1 heterocycles. The summed E-state index contributed by atoms with van der Waals surface area (Å²) in [5.74, 6) is 1.49. The van der Waals surface area contributed by atoms with Gasteiger partial charge in [-0.05, 0) is 42.5 Å². The van der Waals surface area contributed by atoms with Crippen LogP contribution >= 0.6 is 0 Å². The van der Waals surface area contributed by atoms with Gasteiger partial charge in [0, 0.05) is 13.0 Å². The summed E-state index contributed by atoms with van der Waals surface area (Å²) >= 11 is 0. The Morgan fingerprint density at radius 2 is 2.24 bits per heavy atom. The Morgan fingerprint density at radius 1 is 1.38 bits per heavy atom. The van der Waals surface area contributed by atoms with Crippen molar-refractivity contribution in [1.82, 2.24) is 10.6 Å². The van der Waals surface area contributed by atoms with Crippen LogP contribution in [0, 0.1) is 0 Å². The first kappa shape index (κ1) is 13.9. The van der Waals surface area contributed by atoms with Crippen LogP contribution in [0.25, 0.3) is 0 Å². The fourth-order valence-electron chi connectivity index (χ4n) is 3.04. The van der Waals surface area contributed by atoms with Crippen molar-refractivity contribution < 1.29 is 9.53 Å². The molecule has 5 nitrogen and oxygen atoms in total. The van der Waals surface area contributed by atoms with Crippen molar-refractivity contribution in [3.05, 3.63) is 29.3 Å². The third kappa shape index (κ3) is 2.48. The lowest BCUT2D eigenvalue weighted by Gasteiger charge is -2.32. The van der Waals surface area contributed by atoms with Gasteiger partial charge in [-0.25, -0.2) is 0 Å². The normalized spacial score (nSPS) is 25.6. The Kier molecular flexibility index (Phi) is 3.57. The summed E-state index contributed by atoms with van der Waals surface area (Å²) in [6.07, 6.45) is 3.33. The quantitative estimate of drug-likeness (QED) is 0.883. The smallest absolute Gasteiger partial charge is 0.252 e. The van der Waals surface area contributed by atoms with Crippen LogP contribution in [-0.4, -0.2) is 31.1 Å². The summed E-state index contributed by atoms with van der Waals surface area (Å²) in [7, 11) is 1.66. The summed E-state index contributed by atoms with van der Waals surface area (Å²) < 4.78 is 5.29. The van der Waals surface area contributed by atoms with Gasteiger partial charge >= 0.3 is 0 Å². The first-order valence-electron chi connectivity index (χ1n) is 7.47. The number of rotatable bonds is 3.